The molecule has 0 aromatic heterocycles. The summed E-state index contributed by atoms with van der Waals surface area (Å²) in [6.45, 7) is 15.0. The largest absolute Gasteiger partial charge is 0.503 e. The van der Waals surface area contributed by atoms with E-state index in [1.54, 1.807) is 0 Å². The number of rotatable bonds is 5. The van der Waals surface area contributed by atoms with E-state index in [4.69, 9.17) is 20.9 Å². The van der Waals surface area contributed by atoms with Crippen LogP contribution in [0.1, 0.15) is 47.0 Å². The zero-order valence-electron chi connectivity index (χ0n) is 15.2. The first kappa shape index (κ1) is 19.8. The van der Waals surface area contributed by atoms with E-state index in [0.29, 0.717) is 5.88 Å². The third kappa shape index (κ3) is 5.77. The first-order valence-electron chi connectivity index (χ1n) is 8.13. The molecule has 0 radical (unpaired) electrons. The maximum absolute atomic E-state index is 6.14. The van der Waals surface area contributed by atoms with Crippen molar-refractivity contribution in [2.75, 3.05) is 5.88 Å². The average molecular weight is 341 g/mol. The Balaban J connectivity index is 2.93. The van der Waals surface area contributed by atoms with Crippen LogP contribution in [0.2, 0.25) is 19.6 Å². The Morgan fingerprint density at radius 2 is 1.64 bits per heavy atom. The monoisotopic (exact) mass is 340 g/mol. The average Bonchev–Trinajstić information content (AvgIpc) is 2.56. The van der Waals surface area contributed by atoms with Crippen LogP contribution in [-0.4, -0.2) is 32.3 Å². The SMILES string of the molecule is CC1(C)OB(/C(C#C[Si](C)(C)C)=C/CCCCCl)OC1(C)C. The highest BCUT2D eigenvalue weighted by molar-refractivity contribution is 6.84. The molecule has 0 atom stereocenters. The molecule has 0 amide bonds. The third-order valence-corrected chi connectivity index (χ3v) is 5.18. The molecule has 0 N–H and O–H groups in total. The molecule has 0 aliphatic carbocycles. The Hall–Kier alpha value is -0.208. The molecule has 0 saturated carbocycles. The van der Waals surface area contributed by atoms with E-state index < -0.39 is 8.07 Å². The predicted molar refractivity (Wildman–Crippen MR) is 99.9 cm³/mol. The van der Waals surface area contributed by atoms with Crippen LogP contribution in [0.25, 0.3) is 0 Å². The van der Waals surface area contributed by atoms with Gasteiger partial charge in [0, 0.05) is 11.4 Å². The van der Waals surface area contributed by atoms with Crippen LogP contribution in [0, 0.1) is 11.5 Å². The Morgan fingerprint density at radius 1 is 1.09 bits per heavy atom. The lowest BCUT2D eigenvalue weighted by atomic mass is 9.78. The summed E-state index contributed by atoms with van der Waals surface area (Å²) in [5, 5.41) is 0. The van der Waals surface area contributed by atoms with Gasteiger partial charge in [-0.25, -0.2) is 0 Å². The summed E-state index contributed by atoms with van der Waals surface area (Å²) in [5.74, 6) is 4.05. The molecule has 22 heavy (non-hydrogen) atoms. The fourth-order valence-corrected chi connectivity index (χ4v) is 2.64. The highest BCUT2D eigenvalue weighted by Crippen LogP contribution is 2.38. The van der Waals surface area contributed by atoms with Gasteiger partial charge >= 0.3 is 7.12 Å². The van der Waals surface area contributed by atoms with Crippen LogP contribution in [0.4, 0.5) is 0 Å². The summed E-state index contributed by atoms with van der Waals surface area (Å²) in [5.41, 5.74) is 3.75. The minimum absolute atomic E-state index is 0.326. The number of allylic oxidation sites excluding steroid dienone is 2. The van der Waals surface area contributed by atoms with Gasteiger partial charge < -0.3 is 9.31 Å². The van der Waals surface area contributed by atoms with Crippen molar-refractivity contribution in [1.82, 2.24) is 0 Å². The van der Waals surface area contributed by atoms with Gasteiger partial charge in [0.25, 0.3) is 0 Å². The standard InChI is InChI=1S/C17H30BClO2Si/c1-16(2)17(3,4)21-18(20-16)15(11-9-8-10-13-19)12-14-22(5,6)7/h11H,8-10,13H2,1-7H3/b15-11+. The lowest BCUT2D eigenvalue weighted by molar-refractivity contribution is 0.00578. The molecule has 2 nitrogen and oxygen atoms in total. The van der Waals surface area contributed by atoms with E-state index in [-0.39, 0.29) is 18.3 Å². The molecule has 0 bridgehead atoms. The Morgan fingerprint density at radius 3 is 2.09 bits per heavy atom. The molecule has 124 valence electrons. The van der Waals surface area contributed by atoms with Crippen molar-refractivity contribution >= 4 is 26.8 Å². The third-order valence-electron chi connectivity index (χ3n) is 4.04. The van der Waals surface area contributed by atoms with Crippen molar-refractivity contribution in [3.8, 4) is 11.5 Å². The summed E-state index contributed by atoms with van der Waals surface area (Å²) in [6, 6.07) is 0. The van der Waals surface area contributed by atoms with Crippen molar-refractivity contribution < 1.29 is 9.31 Å². The van der Waals surface area contributed by atoms with Gasteiger partial charge in [-0.15, -0.1) is 17.1 Å². The molecule has 0 aromatic rings. The van der Waals surface area contributed by atoms with Gasteiger partial charge in [0.1, 0.15) is 8.07 Å². The fraction of sp³-hybridized carbons (Fsp3) is 0.765. The van der Waals surface area contributed by atoms with Crippen LogP contribution in [0.3, 0.4) is 0 Å². The molecule has 1 rings (SSSR count). The van der Waals surface area contributed by atoms with Crippen LogP contribution in [0.15, 0.2) is 11.5 Å². The second-order valence-electron chi connectivity index (χ2n) is 7.93. The van der Waals surface area contributed by atoms with Gasteiger partial charge in [0.2, 0.25) is 0 Å². The molecule has 1 aliphatic rings. The number of halogens is 1. The van der Waals surface area contributed by atoms with E-state index in [1.807, 2.05) is 0 Å². The number of hydrogen-bond donors (Lipinski definition) is 0. The summed E-state index contributed by atoms with van der Waals surface area (Å²) in [4.78, 5) is 0. The lowest BCUT2D eigenvalue weighted by Crippen LogP contribution is -2.41. The van der Waals surface area contributed by atoms with Crippen molar-refractivity contribution in [3.05, 3.63) is 11.5 Å². The minimum atomic E-state index is -1.43. The Kier molecular flexibility index (Phi) is 6.83. The quantitative estimate of drug-likeness (QED) is 0.309. The van der Waals surface area contributed by atoms with E-state index >= 15 is 0 Å². The number of unbranched alkanes of at least 4 members (excludes halogenated alkanes) is 2. The highest BCUT2D eigenvalue weighted by Gasteiger charge is 2.52. The van der Waals surface area contributed by atoms with Gasteiger partial charge in [0.05, 0.1) is 11.2 Å². The highest BCUT2D eigenvalue weighted by atomic mass is 35.5. The second-order valence-corrected chi connectivity index (χ2v) is 13.1. The Labute approximate surface area is 143 Å². The summed E-state index contributed by atoms with van der Waals surface area (Å²) in [6.07, 6.45) is 5.23. The molecule has 1 saturated heterocycles. The first-order valence-corrected chi connectivity index (χ1v) is 12.2. The second kappa shape index (κ2) is 7.57. The first-order chi connectivity index (χ1) is 9.98. The van der Waals surface area contributed by atoms with E-state index in [9.17, 15) is 0 Å². The normalized spacial score (nSPS) is 20.7. The van der Waals surface area contributed by atoms with Crippen molar-refractivity contribution in [2.24, 2.45) is 0 Å². The van der Waals surface area contributed by atoms with Gasteiger partial charge in [-0.05, 0) is 47.0 Å². The Bertz CT molecular complexity index is 453. The summed E-state index contributed by atoms with van der Waals surface area (Å²) >= 11 is 5.75. The van der Waals surface area contributed by atoms with Gasteiger partial charge in [-0.1, -0.05) is 31.6 Å². The molecular formula is C17H30BClO2Si. The topological polar surface area (TPSA) is 18.5 Å². The maximum atomic E-state index is 6.14. The van der Waals surface area contributed by atoms with Crippen LogP contribution in [-0.2, 0) is 9.31 Å². The van der Waals surface area contributed by atoms with Gasteiger partial charge in [0.15, 0.2) is 0 Å². The minimum Gasteiger partial charge on any atom is -0.399 e. The fourth-order valence-electron chi connectivity index (χ4n) is 1.93. The van der Waals surface area contributed by atoms with Gasteiger partial charge in [-0.3, -0.25) is 0 Å². The molecule has 5 heteroatoms. The molecular weight excluding hydrogens is 311 g/mol. The van der Waals surface area contributed by atoms with E-state index in [1.165, 1.54) is 0 Å². The molecule has 0 unspecified atom stereocenters. The summed E-state index contributed by atoms with van der Waals surface area (Å²) in [7, 11) is -1.79. The summed E-state index contributed by atoms with van der Waals surface area (Å²) < 4.78 is 12.3. The van der Waals surface area contributed by atoms with Crippen molar-refractivity contribution in [1.29, 1.82) is 0 Å². The molecule has 0 aromatic carbocycles. The zero-order chi connectivity index (χ0) is 17.0. The smallest absolute Gasteiger partial charge is 0.399 e. The molecule has 1 aliphatic heterocycles. The van der Waals surface area contributed by atoms with Gasteiger partial charge in [-0.2, -0.15) is 0 Å². The van der Waals surface area contributed by atoms with Crippen LogP contribution >= 0.6 is 11.6 Å². The van der Waals surface area contributed by atoms with Crippen molar-refractivity contribution in [2.45, 2.75) is 77.8 Å². The lowest BCUT2D eigenvalue weighted by Gasteiger charge is -2.32. The van der Waals surface area contributed by atoms with Crippen LogP contribution < -0.4 is 0 Å². The number of alkyl halides is 1. The predicted octanol–water partition coefficient (Wildman–Crippen LogP) is 4.83. The maximum Gasteiger partial charge on any atom is 0.503 e. The molecule has 1 fully saturated rings. The van der Waals surface area contributed by atoms with E-state index in [2.05, 4.69) is 64.9 Å². The van der Waals surface area contributed by atoms with Crippen LogP contribution in [0.5, 0.6) is 0 Å². The molecule has 1 heterocycles. The van der Waals surface area contributed by atoms with E-state index in [0.717, 1.165) is 24.7 Å². The number of hydrogen-bond acceptors (Lipinski definition) is 2. The van der Waals surface area contributed by atoms with Crippen molar-refractivity contribution in [3.63, 3.8) is 0 Å². The molecule has 0 spiro atoms. The zero-order valence-corrected chi connectivity index (χ0v) is 16.9.